The van der Waals surface area contributed by atoms with Crippen LogP contribution in [-0.4, -0.2) is 50.3 Å². The number of hydrogen-bond acceptors (Lipinski definition) is 5. The van der Waals surface area contributed by atoms with E-state index in [1.807, 2.05) is 9.80 Å². The first-order chi connectivity index (χ1) is 16.8. The lowest BCUT2D eigenvalue weighted by atomic mass is 9.94. The van der Waals surface area contributed by atoms with Crippen LogP contribution in [0.2, 0.25) is 0 Å². The van der Waals surface area contributed by atoms with Crippen LogP contribution in [0.25, 0.3) is 5.65 Å². The van der Waals surface area contributed by atoms with Gasteiger partial charge in [-0.3, -0.25) is 4.79 Å². The zero-order valence-electron chi connectivity index (χ0n) is 19.5. The standard InChI is InChI=1S/C24H28F4N6O/c1-2-3-4-13-33(16-17-5-7-19(25)8-6-17)22(35)18-11-14-32(15-12-18)21-10-9-20-29-30-23(24(26,27)28)34(20)31-21/h5-10,18H,2-4,11-16H2,1H3. The molecular weight excluding hydrogens is 464 g/mol. The molecule has 1 amide bonds. The minimum atomic E-state index is -4.66. The highest BCUT2D eigenvalue weighted by molar-refractivity contribution is 5.79. The summed E-state index contributed by atoms with van der Waals surface area (Å²) in [7, 11) is 0. The van der Waals surface area contributed by atoms with Gasteiger partial charge in [0, 0.05) is 32.1 Å². The Balaban J connectivity index is 1.43. The minimum Gasteiger partial charge on any atom is -0.355 e. The fraction of sp³-hybridized carbons (Fsp3) is 0.500. The molecule has 1 aliphatic heterocycles. The van der Waals surface area contributed by atoms with Gasteiger partial charge >= 0.3 is 6.18 Å². The van der Waals surface area contributed by atoms with E-state index in [0.29, 0.717) is 49.4 Å². The van der Waals surface area contributed by atoms with Crippen LogP contribution in [0.5, 0.6) is 0 Å². The zero-order chi connectivity index (χ0) is 25.0. The number of carbonyl (C=O) groups is 1. The third-order valence-electron chi connectivity index (χ3n) is 6.30. The smallest absolute Gasteiger partial charge is 0.355 e. The normalized spacial score (nSPS) is 15.1. The van der Waals surface area contributed by atoms with Crippen molar-refractivity contribution in [3.05, 3.63) is 53.6 Å². The first-order valence-electron chi connectivity index (χ1n) is 11.8. The molecule has 11 heteroatoms. The molecule has 0 atom stereocenters. The molecular formula is C24H28F4N6O. The maximum atomic E-state index is 13.4. The number of hydrogen-bond donors (Lipinski definition) is 0. The SMILES string of the molecule is CCCCCN(Cc1ccc(F)cc1)C(=O)C1CCN(c2ccc3nnc(C(F)(F)F)n3n2)CC1. The molecule has 0 saturated carbocycles. The van der Waals surface area contributed by atoms with Crippen molar-refractivity contribution in [1.82, 2.24) is 24.7 Å². The Morgan fingerprint density at radius 2 is 1.77 bits per heavy atom. The van der Waals surface area contributed by atoms with E-state index in [2.05, 4.69) is 22.2 Å². The first-order valence-corrected chi connectivity index (χ1v) is 11.8. The number of anilines is 1. The van der Waals surface area contributed by atoms with E-state index in [1.54, 1.807) is 18.2 Å². The molecule has 1 aromatic carbocycles. The maximum absolute atomic E-state index is 13.4. The highest BCUT2D eigenvalue weighted by atomic mass is 19.4. The van der Waals surface area contributed by atoms with Crippen LogP contribution >= 0.6 is 0 Å². The third kappa shape index (κ3) is 5.88. The van der Waals surface area contributed by atoms with Gasteiger partial charge in [-0.1, -0.05) is 31.9 Å². The largest absolute Gasteiger partial charge is 0.453 e. The monoisotopic (exact) mass is 492 g/mol. The molecule has 188 valence electrons. The van der Waals surface area contributed by atoms with Crippen LogP contribution in [0.1, 0.15) is 50.4 Å². The number of nitrogens with zero attached hydrogens (tertiary/aromatic N) is 6. The van der Waals surface area contributed by atoms with Crippen LogP contribution in [0.4, 0.5) is 23.4 Å². The quantitative estimate of drug-likeness (QED) is 0.336. The van der Waals surface area contributed by atoms with Gasteiger partial charge in [-0.2, -0.15) is 17.7 Å². The number of amides is 1. The minimum absolute atomic E-state index is 0.0228. The number of unbranched alkanes of at least 4 members (excludes halogenated alkanes) is 2. The highest BCUT2D eigenvalue weighted by Gasteiger charge is 2.38. The molecule has 3 heterocycles. The molecule has 1 saturated heterocycles. The van der Waals surface area contributed by atoms with E-state index in [0.717, 1.165) is 24.8 Å². The highest BCUT2D eigenvalue weighted by Crippen LogP contribution is 2.29. The van der Waals surface area contributed by atoms with Crippen LogP contribution in [-0.2, 0) is 17.5 Å². The lowest BCUT2D eigenvalue weighted by Crippen LogP contribution is -2.43. The van der Waals surface area contributed by atoms with E-state index < -0.39 is 12.0 Å². The van der Waals surface area contributed by atoms with E-state index in [9.17, 15) is 22.4 Å². The predicted octanol–water partition coefficient (Wildman–Crippen LogP) is 4.72. The number of fused-ring (bicyclic) bond motifs is 1. The van der Waals surface area contributed by atoms with Gasteiger partial charge in [0.1, 0.15) is 11.6 Å². The number of rotatable bonds is 8. The summed E-state index contributed by atoms with van der Waals surface area (Å²) < 4.78 is 53.6. The zero-order valence-corrected chi connectivity index (χ0v) is 19.5. The molecule has 2 aromatic heterocycles. The Labute approximate surface area is 200 Å². The van der Waals surface area contributed by atoms with Gasteiger partial charge in [-0.15, -0.1) is 15.3 Å². The molecule has 0 N–H and O–H groups in total. The van der Waals surface area contributed by atoms with Gasteiger partial charge in [-0.25, -0.2) is 4.39 Å². The van der Waals surface area contributed by atoms with E-state index in [1.165, 1.54) is 18.2 Å². The Hall–Kier alpha value is -3.24. The van der Waals surface area contributed by atoms with Crippen molar-refractivity contribution in [2.45, 2.75) is 51.7 Å². The number of piperidine rings is 1. The Morgan fingerprint density at radius 3 is 2.43 bits per heavy atom. The average molecular weight is 493 g/mol. The van der Waals surface area contributed by atoms with Crippen molar-refractivity contribution in [3.63, 3.8) is 0 Å². The molecule has 0 unspecified atom stereocenters. The summed E-state index contributed by atoms with van der Waals surface area (Å²) in [5.41, 5.74) is 0.898. The van der Waals surface area contributed by atoms with Crippen LogP contribution < -0.4 is 4.90 Å². The summed E-state index contributed by atoms with van der Waals surface area (Å²) in [4.78, 5) is 17.1. The van der Waals surface area contributed by atoms with E-state index >= 15 is 0 Å². The number of aromatic nitrogens is 4. The van der Waals surface area contributed by atoms with Gasteiger partial charge in [0.2, 0.25) is 5.91 Å². The molecule has 7 nitrogen and oxygen atoms in total. The van der Waals surface area contributed by atoms with Crippen molar-refractivity contribution >= 4 is 17.4 Å². The van der Waals surface area contributed by atoms with Crippen molar-refractivity contribution in [1.29, 1.82) is 0 Å². The summed E-state index contributed by atoms with van der Waals surface area (Å²) in [5, 5.41) is 10.9. The van der Waals surface area contributed by atoms with Crippen LogP contribution in [0.3, 0.4) is 0 Å². The molecule has 0 bridgehead atoms. The predicted molar refractivity (Wildman–Crippen MR) is 122 cm³/mol. The maximum Gasteiger partial charge on any atom is 0.453 e. The molecule has 1 fully saturated rings. The fourth-order valence-electron chi connectivity index (χ4n) is 4.37. The molecule has 35 heavy (non-hydrogen) atoms. The van der Waals surface area contributed by atoms with Crippen molar-refractivity contribution in [3.8, 4) is 0 Å². The second-order valence-electron chi connectivity index (χ2n) is 8.84. The average Bonchev–Trinajstić information content (AvgIpc) is 3.28. The van der Waals surface area contributed by atoms with Gasteiger partial charge in [0.25, 0.3) is 5.82 Å². The molecule has 0 spiro atoms. The summed E-state index contributed by atoms with van der Waals surface area (Å²) in [6.45, 7) is 4.16. The Kier molecular flexibility index (Phi) is 7.51. The van der Waals surface area contributed by atoms with Gasteiger partial charge in [-0.05, 0) is 49.1 Å². The third-order valence-corrected chi connectivity index (χ3v) is 6.30. The van der Waals surface area contributed by atoms with Gasteiger partial charge in [0.15, 0.2) is 5.65 Å². The van der Waals surface area contributed by atoms with Crippen molar-refractivity contribution < 1.29 is 22.4 Å². The van der Waals surface area contributed by atoms with Crippen molar-refractivity contribution in [2.24, 2.45) is 5.92 Å². The molecule has 4 rings (SSSR count). The number of halogens is 4. The number of alkyl halides is 3. The van der Waals surface area contributed by atoms with Gasteiger partial charge in [0.05, 0.1) is 0 Å². The fourth-order valence-corrected chi connectivity index (χ4v) is 4.37. The first kappa shape index (κ1) is 24.9. The molecule has 1 aliphatic rings. The van der Waals surface area contributed by atoms with Crippen LogP contribution in [0, 0.1) is 11.7 Å². The summed E-state index contributed by atoms with van der Waals surface area (Å²) in [5.74, 6) is -1.21. The summed E-state index contributed by atoms with van der Waals surface area (Å²) >= 11 is 0. The lowest BCUT2D eigenvalue weighted by molar-refractivity contribution is -0.146. The second-order valence-corrected chi connectivity index (χ2v) is 8.84. The van der Waals surface area contributed by atoms with E-state index in [-0.39, 0.29) is 23.3 Å². The van der Waals surface area contributed by atoms with Crippen molar-refractivity contribution in [2.75, 3.05) is 24.5 Å². The van der Waals surface area contributed by atoms with E-state index in [4.69, 9.17) is 0 Å². The molecule has 0 radical (unpaired) electrons. The second kappa shape index (κ2) is 10.6. The number of carbonyl (C=O) groups excluding carboxylic acids is 1. The number of benzene rings is 1. The summed E-state index contributed by atoms with van der Waals surface area (Å²) in [6.07, 6.45) is -0.566. The lowest BCUT2D eigenvalue weighted by Gasteiger charge is -2.35. The summed E-state index contributed by atoms with van der Waals surface area (Å²) in [6, 6.07) is 9.26. The molecule has 0 aliphatic carbocycles. The topological polar surface area (TPSA) is 66.6 Å². The van der Waals surface area contributed by atoms with Crippen LogP contribution in [0.15, 0.2) is 36.4 Å². The Bertz CT molecular complexity index is 1140. The Morgan fingerprint density at radius 1 is 1.06 bits per heavy atom. The molecule has 3 aromatic rings. The van der Waals surface area contributed by atoms with Gasteiger partial charge < -0.3 is 9.80 Å².